The van der Waals surface area contributed by atoms with Gasteiger partial charge < -0.3 is 15.8 Å². The third kappa shape index (κ3) is 4.33. The minimum Gasteiger partial charge on any atom is -0.439 e. The number of pyridine rings is 1. The van der Waals surface area contributed by atoms with Crippen LogP contribution in [-0.4, -0.2) is 37.7 Å². The Morgan fingerprint density at radius 1 is 1.03 bits per heavy atom. The third-order valence-corrected chi connectivity index (χ3v) is 7.08. The summed E-state index contributed by atoms with van der Waals surface area (Å²) in [5.74, 6) is 1.78. The molecule has 1 aliphatic rings. The Balaban J connectivity index is 1.37. The second kappa shape index (κ2) is 9.50. The quantitative estimate of drug-likeness (QED) is 0.357. The van der Waals surface area contributed by atoms with E-state index in [-0.39, 0.29) is 17.9 Å². The number of nitrogens with one attached hydrogen (secondary N) is 1. The molecule has 0 saturated heterocycles. The van der Waals surface area contributed by atoms with Crippen molar-refractivity contribution in [2.24, 2.45) is 5.92 Å². The molecule has 3 N–H and O–H groups in total. The van der Waals surface area contributed by atoms with Crippen molar-refractivity contribution >= 4 is 33.7 Å². The molecular weight excluding hydrogens is 466 g/mol. The van der Waals surface area contributed by atoms with Crippen LogP contribution in [0, 0.1) is 5.92 Å². The Kier molecular flexibility index (Phi) is 5.88. The zero-order valence-electron chi connectivity index (χ0n) is 20.5. The molecule has 186 valence electrons. The van der Waals surface area contributed by atoms with Gasteiger partial charge in [0, 0.05) is 30.0 Å². The normalized spacial score (nSPS) is 17.6. The molecule has 1 fully saturated rings. The van der Waals surface area contributed by atoms with Crippen LogP contribution in [0.4, 0.5) is 5.82 Å². The van der Waals surface area contributed by atoms with Gasteiger partial charge in [-0.05, 0) is 49.9 Å². The molecule has 9 heteroatoms. The van der Waals surface area contributed by atoms with E-state index in [1.165, 1.54) is 6.33 Å². The number of aromatic nitrogens is 5. The summed E-state index contributed by atoms with van der Waals surface area (Å²) in [6.45, 7) is 0. The van der Waals surface area contributed by atoms with Crippen LogP contribution in [0.3, 0.4) is 0 Å². The Morgan fingerprint density at radius 3 is 2.59 bits per heavy atom. The maximum absolute atomic E-state index is 12.1. The van der Waals surface area contributed by atoms with Crippen LogP contribution >= 0.6 is 0 Å². The summed E-state index contributed by atoms with van der Waals surface area (Å²) in [6, 6.07) is 19.6. The maximum Gasteiger partial charge on any atom is 0.222 e. The number of rotatable bonds is 5. The second-order valence-corrected chi connectivity index (χ2v) is 9.34. The Morgan fingerprint density at radius 2 is 1.81 bits per heavy atom. The van der Waals surface area contributed by atoms with Crippen LogP contribution < -0.4 is 15.8 Å². The van der Waals surface area contributed by atoms with Crippen molar-refractivity contribution in [1.29, 1.82) is 0 Å². The van der Waals surface area contributed by atoms with Crippen LogP contribution in [0.25, 0.3) is 33.2 Å². The zero-order valence-corrected chi connectivity index (χ0v) is 20.5. The summed E-state index contributed by atoms with van der Waals surface area (Å²) < 4.78 is 7.91. The van der Waals surface area contributed by atoms with E-state index in [1.807, 2.05) is 65.3 Å². The molecule has 37 heavy (non-hydrogen) atoms. The van der Waals surface area contributed by atoms with E-state index in [9.17, 15) is 4.79 Å². The lowest BCUT2D eigenvalue weighted by Crippen LogP contribution is -2.31. The van der Waals surface area contributed by atoms with E-state index in [0.29, 0.717) is 17.3 Å². The summed E-state index contributed by atoms with van der Waals surface area (Å²) in [4.78, 5) is 25.6. The van der Waals surface area contributed by atoms with Gasteiger partial charge in [-0.3, -0.25) is 4.79 Å². The summed E-state index contributed by atoms with van der Waals surface area (Å²) in [7, 11) is 1.69. The highest BCUT2D eigenvalue weighted by Crippen LogP contribution is 2.38. The van der Waals surface area contributed by atoms with Crippen molar-refractivity contribution in [3.05, 3.63) is 67.0 Å². The predicted octanol–water partition coefficient (Wildman–Crippen LogP) is 4.89. The molecule has 3 heterocycles. The maximum atomic E-state index is 12.1. The molecular formula is C28H27N7O2. The lowest BCUT2D eigenvalue weighted by molar-refractivity contribution is -0.125. The van der Waals surface area contributed by atoms with E-state index < -0.39 is 0 Å². The van der Waals surface area contributed by atoms with Gasteiger partial charge in [0.1, 0.15) is 23.6 Å². The first kappa shape index (κ1) is 22.9. The molecule has 1 amide bonds. The Hall–Kier alpha value is -4.53. The van der Waals surface area contributed by atoms with Gasteiger partial charge in [-0.25, -0.2) is 19.6 Å². The van der Waals surface area contributed by atoms with E-state index >= 15 is 0 Å². The molecule has 0 radical (unpaired) electrons. The number of fused-ring (bicyclic) bond motifs is 2. The van der Waals surface area contributed by atoms with E-state index in [4.69, 9.17) is 20.6 Å². The number of nitrogen functional groups attached to an aromatic ring is 1. The molecule has 5 aromatic rings. The number of benzene rings is 2. The van der Waals surface area contributed by atoms with Crippen molar-refractivity contribution in [2.75, 3.05) is 12.8 Å². The number of para-hydroxylation sites is 1. The van der Waals surface area contributed by atoms with Crippen LogP contribution in [0.2, 0.25) is 0 Å². The highest BCUT2D eigenvalue weighted by atomic mass is 16.5. The Labute approximate surface area is 213 Å². The SMILES string of the molecule is CNC(=O)C1CCC(n2nc(-c3ccc4ccc(Oc5ccccc5)nc4c3)c3c(N)ncnc32)CC1. The molecule has 6 rings (SSSR count). The van der Waals surface area contributed by atoms with Crippen molar-refractivity contribution < 1.29 is 9.53 Å². The van der Waals surface area contributed by atoms with E-state index in [0.717, 1.165) is 59.0 Å². The number of ether oxygens (including phenoxy) is 1. The number of amides is 1. The van der Waals surface area contributed by atoms with Crippen LogP contribution in [-0.2, 0) is 4.79 Å². The number of hydrogen-bond donors (Lipinski definition) is 2. The van der Waals surface area contributed by atoms with Gasteiger partial charge in [0.15, 0.2) is 5.65 Å². The van der Waals surface area contributed by atoms with Gasteiger partial charge in [-0.2, -0.15) is 5.10 Å². The van der Waals surface area contributed by atoms with Gasteiger partial charge in [-0.15, -0.1) is 0 Å². The highest BCUT2D eigenvalue weighted by Gasteiger charge is 2.29. The van der Waals surface area contributed by atoms with Gasteiger partial charge >= 0.3 is 0 Å². The van der Waals surface area contributed by atoms with Crippen LogP contribution in [0.1, 0.15) is 31.7 Å². The van der Waals surface area contributed by atoms with Gasteiger partial charge in [0.2, 0.25) is 11.8 Å². The first-order chi connectivity index (χ1) is 18.1. The standard InChI is InChI=1S/C28H27N7O2/c1-30-28(36)18-9-12-20(13-10-18)35-27-24(26(29)31-16-32-27)25(34-35)19-8-7-17-11-14-23(33-22(17)15-19)37-21-5-3-2-4-6-21/h2-8,11,14-16,18,20H,9-10,12-13H2,1H3,(H,30,36)(H2,29,31,32). The third-order valence-electron chi connectivity index (χ3n) is 7.08. The topological polar surface area (TPSA) is 121 Å². The number of nitrogens with two attached hydrogens (primary N) is 1. The second-order valence-electron chi connectivity index (χ2n) is 9.34. The number of carbonyl (C=O) groups excluding carboxylic acids is 1. The van der Waals surface area contributed by atoms with E-state index in [1.54, 1.807) is 7.05 Å². The van der Waals surface area contributed by atoms with Gasteiger partial charge in [-0.1, -0.05) is 30.3 Å². The minimum atomic E-state index is 0.0427. The molecule has 0 unspecified atom stereocenters. The fraction of sp³-hybridized carbons (Fsp3) is 0.250. The Bertz CT molecular complexity index is 1590. The van der Waals surface area contributed by atoms with Crippen molar-refractivity contribution in [1.82, 2.24) is 30.0 Å². The molecule has 0 aliphatic heterocycles. The van der Waals surface area contributed by atoms with E-state index in [2.05, 4.69) is 15.3 Å². The lowest BCUT2D eigenvalue weighted by Gasteiger charge is -2.27. The molecule has 0 spiro atoms. The fourth-order valence-electron chi connectivity index (χ4n) is 5.15. The van der Waals surface area contributed by atoms with Crippen LogP contribution in [0.5, 0.6) is 11.6 Å². The summed E-state index contributed by atoms with van der Waals surface area (Å²) in [5, 5.41) is 9.50. The minimum absolute atomic E-state index is 0.0427. The first-order valence-electron chi connectivity index (χ1n) is 12.4. The molecule has 0 atom stereocenters. The smallest absolute Gasteiger partial charge is 0.222 e. The number of hydrogen-bond acceptors (Lipinski definition) is 7. The number of nitrogens with zero attached hydrogens (tertiary/aromatic N) is 5. The molecule has 9 nitrogen and oxygen atoms in total. The number of anilines is 1. The molecule has 1 saturated carbocycles. The van der Waals surface area contributed by atoms with Gasteiger partial charge in [0.25, 0.3) is 0 Å². The average Bonchev–Trinajstić information content (AvgIpc) is 3.34. The monoisotopic (exact) mass is 493 g/mol. The molecule has 1 aliphatic carbocycles. The summed E-state index contributed by atoms with van der Waals surface area (Å²) in [6.07, 6.45) is 4.79. The number of carbonyl (C=O) groups is 1. The van der Waals surface area contributed by atoms with Crippen LogP contribution in [0.15, 0.2) is 67.0 Å². The largest absolute Gasteiger partial charge is 0.439 e. The molecule has 0 bridgehead atoms. The zero-order chi connectivity index (χ0) is 25.4. The van der Waals surface area contributed by atoms with Crippen molar-refractivity contribution in [3.63, 3.8) is 0 Å². The molecule has 3 aromatic heterocycles. The highest BCUT2D eigenvalue weighted by molar-refractivity contribution is 5.99. The summed E-state index contributed by atoms with van der Waals surface area (Å²) >= 11 is 0. The van der Waals surface area contributed by atoms with Crippen molar-refractivity contribution in [2.45, 2.75) is 31.7 Å². The van der Waals surface area contributed by atoms with Crippen molar-refractivity contribution in [3.8, 4) is 22.9 Å². The average molecular weight is 494 g/mol. The van der Waals surface area contributed by atoms with Gasteiger partial charge in [0.05, 0.1) is 16.9 Å². The molecule has 2 aromatic carbocycles. The lowest BCUT2D eigenvalue weighted by atomic mass is 9.85. The first-order valence-corrected chi connectivity index (χ1v) is 12.4. The predicted molar refractivity (Wildman–Crippen MR) is 142 cm³/mol. The summed E-state index contributed by atoms with van der Waals surface area (Å²) in [5.41, 5.74) is 9.44. The fourth-order valence-corrected chi connectivity index (χ4v) is 5.15.